The lowest BCUT2D eigenvalue weighted by Crippen LogP contribution is -2.30. The number of anilines is 1. The third-order valence-electron chi connectivity index (χ3n) is 3.59. The first-order valence-corrected chi connectivity index (χ1v) is 7.71. The lowest BCUT2D eigenvalue weighted by molar-refractivity contribution is -0.123. The Morgan fingerprint density at radius 3 is 2.44 bits per heavy atom. The molecule has 0 aliphatic heterocycles. The number of hydrogen-bond donors (Lipinski definition) is 2. The van der Waals surface area contributed by atoms with Gasteiger partial charge in [0.2, 0.25) is 0 Å². The Morgan fingerprint density at radius 2 is 1.76 bits per heavy atom. The van der Waals surface area contributed by atoms with Crippen molar-refractivity contribution in [3.05, 3.63) is 59.2 Å². The van der Waals surface area contributed by atoms with Crippen molar-refractivity contribution in [1.29, 1.82) is 0 Å². The second-order valence-corrected chi connectivity index (χ2v) is 5.66. The number of amides is 1. The fourth-order valence-corrected chi connectivity index (χ4v) is 2.22. The molecule has 25 heavy (non-hydrogen) atoms. The monoisotopic (exact) mass is 341 g/mol. The molecule has 0 bridgehead atoms. The smallest absolute Gasteiger partial charge is 0.342 e. The van der Waals surface area contributed by atoms with E-state index >= 15 is 0 Å². The Morgan fingerprint density at radius 1 is 1.08 bits per heavy atom. The van der Waals surface area contributed by atoms with Crippen molar-refractivity contribution in [2.24, 2.45) is 0 Å². The van der Waals surface area contributed by atoms with Gasteiger partial charge in [-0.15, -0.1) is 0 Å². The minimum absolute atomic E-state index is 0.0104. The van der Waals surface area contributed by atoms with Crippen LogP contribution >= 0.6 is 0 Å². The van der Waals surface area contributed by atoms with Crippen LogP contribution < -0.4 is 5.32 Å². The van der Waals surface area contributed by atoms with E-state index in [0.29, 0.717) is 11.3 Å². The van der Waals surface area contributed by atoms with Gasteiger partial charge in [0.15, 0.2) is 11.9 Å². The number of para-hydroxylation sites is 1. The summed E-state index contributed by atoms with van der Waals surface area (Å²) in [4.78, 5) is 36.0. The Balaban J connectivity index is 2.09. The number of benzene rings is 2. The molecular weight excluding hydrogens is 322 g/mol. The average Bonchev–Trinajstić information content (AvgIpc) is 2.57. The Kier molecular flexibility index (Phi) is 5.54. The van der Waals surface area contributed by atoms with Crippen LogP contribution in [0.15, 0.2) is 42.5 Å². The summed E-state index contributed by atoms with van der Waals surface area (Å²) in [5.74, 6) is -1.78. The second kappa shape index (κ2) is 7.61. The summed E-state index contributed by atoms with van der Waals surface area (Å²) < 4.78 is 5.11. The number of phenols is 1. The molecule has 0 spiro atoms. The lowest BCUT2D eigenvalue weighted by atomic mass is 10.1. The average molecular weight is 341 g/mol. The molecule has 0 heterocycles. The fourth-order valence-electron chi connectivity index (χ4n) is 2.22. The number of carbonyl (C=O) groups excluding carboxylic acids is 3. The maximum atomic E-state index is 12.2. The van der Waals surface area contributed by atoms with Gasteiger partial charge in [0.1, 0.15) is 11.3 Å². The van der Waals surface area contributed by atoms with E-state index in [2.05, 4.69) is 5.32 Å². The lowest BCUT2D eigenvalue weighted by Gasteiger charge is -2.15. The molecule has 1 amide bonds. The number of aryl methyl sites for hydroxylation is 1. The van der Waals surface area contributed by atoms with Crippen LogP contribution in [0.3, 0.4) is 0 Å². The van der Waals surface area contributed by atoms with Crippen molar-refractivity contribution in [2.75, 3.05) is 5.32 Å². The first-order valence-electron chi connectivity index (χ1n) is 7.71. The number of esters is 1. The number of Topliss-reactive ketones (excluding diaryl/α,β-unsaturated/α-hetero) is 1. The molecule has 0 aromatic heterocycles. The van der Waals surface area contributed by atoms with Crippen LogP contribution in [0.5, 0.6) is 5.75 Å². The fraction of sp³-hybridized carbons (Fsp3) is 0.211. The van der Waals surface area contributed by atoms with Crippen molar-refractivity contribution in [3.63, 3.8) is 0 Å². The number of rotatable bonds is 5. The van der Waals surface area contributed by atoms with Crippen molar-refractivity contribution < 1.29 is 24.2 Å². The molecule has 2 N–H and O–H groups in total. The second-order valence-electron chi connectivity index (χ2n) is 5.66. The molecule has 0 aliphatic rings. The van der Waals surface area contributed by atoms with Gasteiger partial charge in [-0.1, -0.05) is 23.8 Å². The molecule has 0 unspecified atom stereocenters. The zero-order valence-electron chi connectivity index (χ0n) is 14.2. The van der Waals surface area contributed by atoms with Crippen LogP contribution in [0.25, 0.3) is 0 Å². The molecule has 0 saturated carbocycles. The first-order chi connectivity index (χ1) is 11.8. The van der Waals surface area contributed by atoms with Gasteiger partial charge in [-0.25, -0.2) is 4.79 Å². The quantitative estimate of drug-likeness (QED) is 0.644. The van der Waals surface area contributed by atoms with E-state index in [4.69, 9.17) is 4.74 Å². The molecule has 0 radical (unpaired) electrons. The van der Waals surface area contributed by atoms with E-state index in [9.17, 15) is 19.5 Å². The maximum absolute atomic E-state index is 12.2. The minimum atomic E-state index is -1.10. The van der Waals surface area contributed by atoms with Crippen LogP contribution in [-0.2, 0) is 9.53 Å². The first kappa shape index (κ1) is 18.2. The normalized spacial score (nSPS) is 11.5. The van der Waals surface area contributed by atoms with Crippen molar-refractivity contribution in [3.8, 4) is 5.75 Å². The number of ether oxygens (including phenoxy) is 1. The van der Waals surface area contributed by atoms with Crippen molar-refractivity contribution in [1.82, 2.24) is 0 Å². The maximum Gasteiger partial charge on any atom is 0.342 e. The summed E-state index contributed by atoms with van der Waals surface area (Å²) in [5.41, 5.74) is 1.48. The highest BCUT2D eigenvalue weighted by Gasteiger charge is 2.22. The van der Waals surface area contributed by atoms with Crippen LogP contribution in [-0.4, -0.2) is 28.9 Å². The molecule has 130 valence electrons. The molecule has 1 atom stereocenters. The molecule has 2 aromatic carbocycles. The van der Waals surface area contributed by atoms with E-state index in [1.165, 1.54) is 26.0 Å². The third-order valence-corrected chi connectivity index (χ3v) is 3.59. The highest BCUT2D eigenvalue weighted by atomic mass is 16.5. The molecule has 0 aliphatic carbocycles. The Hall–Kier alpha value is -3.15. The van der Waals surface area contributed by atoms with E-state index in [1.54, 1.807) is 37.3 Å². The number of hydrogen-bond acceptors (Lipinski definition) is 5. The van der Waals surface area contributed by atoms with Crippen molar-refractivity contribution >= 4 is 23.3 Å². The third kappa shape index (κ3) is 4.44. The number of nitrogens with one attached hydrogen (secondary N) is 1. The molecule has 2 aromatic rings. The van der Waals surface area contributed by atoms with E-state index in [-0.39, 0.29) is 17.1 Å². The molecule has 6 heteroatoms. The van der Waals surface area contributed by atoms with Gasteiger partial charge in [-0.05, 0) is 45.0 Å². The Labute approximate surface area is 145 Å². The molecule has 0 fully saturated rings. The topological polar surface area (TPSA) is 92.7 Å². The van der Waals surface area contributed by atoms with Gasteiger partial charge in [0, 0.05) is 5.56 Å². The minimum Gasteiger partial charge on any atom is -0.507 e. The number of ketones is 1. The number of phenolic OH excluding ortho intramolecular Hbond substituents is 1. The van der Waals surface area contributed by atoms with Gasteiger partial charge < -0.3 is 15.2 Å². The zero-order valence-corrected chi connectivity index (χ0v) is 14.2. The molecule has 2 rings (SSSR count). The summed E-state index contributed by atoms with van der Waals surface area (Å²) >= 11 is 0. The van der Waals surface area contributed by atoms with E-state index in [1.807, 2.05) is 0 Å². The molecule has 6 nitrogen and oxygen atoms in total. The highest BCUT2D eigenvalue weighted by Crippen LogP contribution is 2.20. The zero-order chi connectivity index (χ0) is 18.6. The van der Waals surface area contributed by atoms with Gasteiger partial charge in [-0.3, -0.25) is 9.59 Å². The van der Waals surface area contributed by atoms with Crippen LogP contribution in [0.4, 0.5) is 5.69 Å². The predicted octanol–water partition coefficient (Wildman–Crippen LogP) is 3.09. The number of aromatic hydroxyl groups is 1. The Bertz CT molecular complexity index is 828. The molecule has 0 saturated heterocycles. The SMILES string of the molecule is CC(=O)c1ccccc1NC(=O)[C@@H](C)OC(=O)c1cc(C)ccc1O. The summed E-state index contributed by atoms with van der Waals surface area (Å²) in [6.45, 7) is 4.58. The largest absolute Gasteiger partial charge is 0.507 e. The predicted molar refractivity (Wildman–Crippen MR) is 92.8 cm³/mol. The van der Waals surface area contributed by atoms with E-state index < -0.39 is 18.0 Å². The summed E-state index contributed by atoms with van der Waals surface area (Å²) in [6.07, 6.45) is -1.10. The molecular formula is C19H19NO5. The van der Waals surface area contributed by atoms with Gasteiger partial charge in [-0.2, -0.15) is 0 Å². The van der Waals surface area contributed by atoms with Crippen LogP contribution in [0.2, 0.25) is 0 Å². The standard InChI is InChI=1S/C19H19NO5/c1-11-8-9-17(22)15(10-11)19(24)25-13(3)18(23)20-16-7-5-4-6-14(16)12(2)21/h4-10,13,22H,1-3H3,(H,20,23)/t13-/m1/s1. The summed E-state index contributed by atoms with van der Waals surface area (Å²) in [6, 6.07) is 11.1. The van der Waals surface area contributed by atoms with Gasteiger partial charge >= 0.3 is 5.97 Å². The summed E-state index contributed by atoms with van der Waals surface area (Å²) in [7, 11) is 0. The van der Waals surface area contributed by atoms with Crippen LogP contribution in [0, 0.1) is 6.92 Å². The van der Waals surface area contributed by atoms with Gasteiger partial charge in [0.05, 0.1) is 5.69 Å². The van der Waals surface area contributed by atoms with Crippen LogP contribution in [0.1, 0.15) is 40.1 Å². The van der Waals surface area contributed by atoms with Gasteiger partial charge in [0.25, 0.3) is 5.91 Å². The van der Waals surface area contributed by atoms with E-state index in [0.717, 1.165) is 5.56 Å². The highest BCUT2D eigenvalue weighted by molar-refractivity contribution is 6.05. The summed E-state index contributed by atoms with van der Waals surface area (Å²) in [5, 5.41) is 12.3. The number of carbonyl (C=O) groups is 3. The van der Waals surface area contributed by atoms with Crippen molar-refractivity contribution in [2.45, 2.75) is 26.9 Å².